The molecule has 0 aromatic heterocycles. The maximum absolute atomic E-state index is 12.2. The molecule has 22 heavy (non-hydrogen) atoms. The van der Waals surface area contributed by atoms with Gasteiger partial charge in [0.25, 0.3) is 0 Å². The van der Waals surface area contributed by atoms with Gasteiger partial charge in [-0.3, -0.25) is 4.79 Å². The number of halogens is 3. The SMILES string of the molecule is C1CCNC1.CC.O=CNCCc1ccc(C(F)(F)F)cc1. The molecule has 1 aromatic rings. The van der Waals surface area contributed by atoms with E-state index in [-0.39, 0.29) is 0 Å². The monoisotopic (exact) mass is 318 g/mol. The summed E-state index contributed by atoms with van der Waals surface area (Å²) in [7, 11) is 0. The van der Waals surface area contributed by atoms with Gasteiger partial charge >= 0.3 is 6.18 Å². The summed E-state index contributed by atoms with van der Waals surface area (Å²) in [5, 5.41) is 5.66. The summed E-state index contributed by atoms with van der Waals surface area (Å²) in [4.78, 5) is 9.92. The number of benzene rings is 1. The molecule has 126 valence electrons. The molecule has 0 spiro atoms. The van der Waals surface area contributed by atoms with E-state index < -0.39 is 11.7 Å². The highest BCUT2D eigenvalue weighted by molar-refractivity contribution is 5.45. The molecule has 1 amide bonds. The summed E-state index contributed by atoms with van der Waals surface area (Å²) in [6.45, 7) is 6.93. The third kappa shape index (κ3) is 9.39. The Morgan fingerprint density at radius 1 is 1.14 bits per heavy atom. The van der Waals surface area contributed by atoms with Gasteiger partial charge in [-0.25, -0.2) is 0 Å². The Hall–Kier alpha value is -1.56. The van der Waals surface area contributed by atoms with Crippen LogP contribution in [0, 0.1) is 0 Å². The summed E-state index contributed by atoms with van der Waals surface area (Å²) in [6, 6.07) is 4.90. The zero-order valence-corrected chi connectivity index (χ0v) is 13.2. The van der Waals surface area contributed by atoms with Gasteiger partial charge in [0.1, 0.15) is 0 Å². The highest BCUT2D eigenvalue weighted by atomic mass is 19.4. The van der Waals surface area contributed by atoms with E-state index >= 15 is 0 Å². The van der Waals surface area contributed by atoms with Crippen molar-refractivity contribution in [2.45, 2.75) is 39.3 Å². The Morgan fingerprint density at radius 3 is 2.05 bits per heavy atom. The van der Waals surface area contributed by atoms with Gasteiger partial charge in [0.15, 0.2) is 0 Å². The van der Waals surface area contributed by atoms with E-state index in [0.717, 1.165) is 17.7 Å². The molecule has 3 nitrogen and oxygen atoms in total. The van der Waals surface area contributed by atoms with Crippen molar-refractivity contribution in [3.05, 3.63) is 35.4 Å². The van der Waals surface area contributed by atoms with Crippen LogP contribution in [0.1, 0.15) is 37.8 Å². The Kier molecular flexibility index (Phi) is 11.2. The molecule has 1 saturated heterocycles. The van der Waals surface area contributed by atoms with Crippen LogP contribution in [0.15, 0.2) is 24.3 Å². The number of hydrogen-bond acceptors (Lipinski definition) is 2. The molecular formula is C16H25F3N2O. The minimum atomic E-state index is -4.29. The second-order valence-electron chi connectivity index (χ2n) is 4.47. The average molecular weight is 318 g/mol. The molecule has 2 rings (SSSR count). The average Bonchev–Trinajstić information content (AvgIpc) is 3.09. The number of rotatable bonds is 4. The molecule has 2 N–H and O–H groups in total. The lowest BCUT2D eigenvalue weighted by Crippen LogP contribution is -2.14. The molecule has 1 aromatic carbocycles. The van der Waals surface area contributed by atoms with E-state index in [4.69, 9.17) is 0 Å². The number of carbonyl (C=O) groups excluding carboxylic acids is 1. The van der Waals surface area contributed by atoms with Gasteiger partial charge in [-0.15, -0.1) is 0 Å². The molecule has 0 radical (unpaired) electrons. The number of amides is 1. The summed E-state index contributed by atoms with van der Waals surface area (Å²) in [5.41, 5.74) is 0.104. The summed E-state index contributed by atoms with van der Waals surface area (Å²) >= 11 is 0. The molecule has 0 atom stereocenters. The lowest BCUT2D eigenvalue weighted by Gasteiger charge is -2.07. The van der Waals surface area contributed by atoms with Crippen molar-refractivity contribution in [1.82, 2.24) is 10.6 Å². The van der Waals surface area contributed by atoms with Crippen molar-refractivity contribution in [2.24, 2.45) is 0 Å². The Labute approximate surface area is 130 Å². The quantitative estimate of drug-likeness (QED) is 0.660. The first-order chi connectivity index (χ1) is 10.5. The highest BCUT2D eigenvalue weighted by Gasteiger charge is 2.29. The molecule has 0 aliphatic carbocycles. The van der Waals surface area contributed by atoms with Gasteiger partial charge < -0.3 is 10.6 Å². The van der Waals surface area contributed by atoms with Gasteiger partial charge in [0.2, 0.25) is 6.41 Å². The summed E-state index contributed by atoms with van der Waals surface area (Å²) in [5.74, 6) is 0. The molecule has 1 aliphatic rings. The van der Waals surface area contributed by atoms with E-state index in [1.807, 2.05) is 13.8 Å². The van der Waals surface area contributed by atoms with Crippen LogP contribution in [-0.2, 0) is 17.4 Å². The molecule has 6 heteroatoms. The van der Waals surface area contributed by atoms with Crippen LogP contribution in [0.5, 0.6) is 0 Å². The van der Waals surface area contributed by atoms with Crippen molar-refractivity contribution in [3.63, 3.8) is 0 Å². The van der Waals surface area contributed by atoms with Gasteiger partial charge in [-0.2, -0.15) is 13.2 Å². The standard InChI is InChI=1S/C10H10F3NO.C4H9N.C2H6/c11-10(12,13)9-3-1-8(2-4-9)5-6-14-7-15;1-2-4-5-3-1;1-2/h1-4,7H,5-6H2,(H,14,15);5H,1-4H2;1-2H3. The second-order valence-corrected chi connectivity index (χ2v) is 4.47. The van der Waals surface area contributed by atoms with Crippen molar-refractivity contribution >= 4 is 6.41 Å². The maximum atomic E-state index is 12.2. The fraction of sp³-hybridized carbons (Fsp3) is 0.562. The first-order valence-corrected chi connectivity index (χ1v) is 7.58. The third-order valence-corrected chi connectivity index (χ3v) is 2.88. The van der Waals surface area contributed by atoms with E-state index in [0.29, 0.717) is 19.4 Å². The summed E-state index contributed by atoms with van der Waals surface area (Å²) < 4.78 is 36.5. The maximum Gasteiger partial charge on any atom is 0.416 e. The van der Waals surface area contributed by atoms with Crippen LogP contribution in [-0.4, -0.2) is 26.0 Å². The lowest BCUT2D eigenvalue weighted by molar-refractivity contribution is -0.137. The Balaban J connectivity index is 0.000000522. The van der Waals surface area contributed by atoms with E-state index in [1.165, 1.54) is 38.1 Å². The van der Waals surface area contributed by atoms with Crippen LogP contribution in [0.25, 0.3) is 0 Å². The van der Waals surface area contributed by atoms with Crippen molar-refractivity contribution in [2.75, 3.05) is 19.6 Å². The van der Waals surface area contributed by atoms with Crippen LogP contribution in [0.3, 0.4) is 0 Å². The zero-order valence-electron chi connectivity index (χ0n) is 13.2. The predicted octanol–water partition coefficient (Wildman–Crippen LogP) is 3.39. The lowest BCUT2D eigenvalue weighted by atomic mass is 10.1. The molecule has 0 bridgehead atoms. The third-order valence-electron chi connectivity index (χ3n) is 2.88. The number of carbonyl (C=O) groups is 1. The minimum Gasteiger partial charge on any atom is -0.358 e. The van der Waals surface area contributed by atoms with Crippen molar-refractivity contribution in [1.29, 1.82) is 0 Å². The van der Waals surface area contributed by atoms with Crippen LogP contribution in [0.2, 0.25) is 0 Å². The van der Waals surface area contributed by atoms with E-state index in [1.54, 1.807) is 0 Å². The van der Waals surface area contributed by atoms with Crippen LogP contribution in [0.4, 0.5) is 13.2 Å². The number of hydrogen-bond donors (Lipinski definition) is 2. The molecule has 1 fully saturated rings. The molecular weight excluding hydrogens is 293 g/mol. The number of nitrogens with one attached hydrogen (secondary N) is 2. The molecule has 0 saturated carbocycles. The number of alkyl halides is 3. The largest absolute Gasteiger partial charge is 0.416 e. The van der Waals surface area contributed by atoms with Gasteiger partial charge in [-0.05, 0) is 50.0 Å². The van der Waals surface area contributed by atoms with E-state index in [9.17, 15) is 18.0 Å². The highest BCUT2D eigenvalue weighted by Crippen LogP contribution is 2.29. The molecule has 1 aliphatic heterocycles. The molecule has 0 unspecified atom stereocenters. The van der Waals surface area contributed by atoms with Gasteiger partial charge in [-0.1, -0.05) is 26.0 Å². The van der Waals surface area contributed by atoms with Crippen molar-refractivity contribution < 1.29 is 18.0 Å². The Bertz CT molecular complexity index is 380. The normalized spacial score (nSPS) is 13.3. The topological polar surface area (TPSA) is 41.1 Å². The predicted molar refractivity (Wildman–Crippen MR) is 82.7 cm³/mol. The zero-order chi connectivity index (χ0) is 16.8. The van der Waals surface area contributed by atoms with Crippen LogP contribution >= 0.6 is 0 Å². The summed E-state index contributed by atoms with van der Waals surface area (Å²) in [6.07, 6.45) is -0.430. The van der Waals surface area contributed by atoms with E-state index in [2.05, 4.69) is 10.6 Å². The first kappa shape index (κ1) is 20.4. The fourth-order valence-corrected chi connectivity index (χ4v) is 1.76. The minimum absolute atomic E-state index is 0.425. The van der Waals surface area contributed by atoms with Gasteiger partial charge in [0.05, 0.1) is 5.56 Å². The van der Waals surface area contributed by atoms with Gasteiger partial charge in [0, 0.05) is 6.54 Å². The molecule has 1 heterocycles. The smallest absolute Gasteiger partial charge is 0.358 e. The fourth-order valence-electron chi connectivity index (χ4n) is 1.76. The second kappa shape index (κ2) is 12.0. The van der Waals surface area contributed by atoms with Crippen LogP contribution < -0.4 is 10.6 Å². The van der Waals surface area contributed by atoms with Crippen molar-refractivity contribution in [3.8, 4) is 0 Å². The first-order valence-electron chi connectivity index (χ1n) is 7.58. The Morgan fingerprint density at radius 2 is 1.68 bits per heavy atom.